The minimum atomic E-state index is -0.0105. The molecule has 0 aromatic carbocycles. The molecule has 0 spiro atoms. The maximum atomic E-state index is 4.15. The Morgan fingerprint density at radius 1 is 1.35 bits per heavy atom. The van der Waals surface area contributed by atoms with Crippen LogP contribution in [0.5, 0.6) is 0 Å². The van der Waals surface area contributed by atoms with Crippen LogP contribution in [0.3, 0.4) is 0 Å². The van der Waals surface area contributed by atoms with Crippen molar-refractivity contribution in [1.29, 1.82) is 0 Å². The topological polar surface area (TPSA) is 73.5 Å². The zero-order valence-corrected chi connectivity index (χ0v) is 10.3. The third-order valence-electron chi connectivity index (χ3n) is 2.57. The van der Waals surface area contributed by atoms with Crippen LogP contribution in [0, 0.1) is 0 Å². The van der Waals surface area contributed by atoms with Gasteiger partial charge in [0.25, 0.3) is 0 Å². The zero-order valence-electron chi connectivity index (χ0n) is 10.3. The highest BCUT2D eigenvalue weighted by Gasteiger charge is 2.20. The lowest BCUT2D eigenvalue weighted by Gasteiger charge is -2.15. The minimum absolute atomic E-state index is 0.0105. The van der Waals surface area contributed by atoms with Crippen molar-refractivity contribution in [3.05, 3.63) is 23.8 Å². The first-order chi connectivity index (χ1) is 8.26. The first-order valence-electron chi connectivity index (χ1n) is 5.74. The van der Waals surface area contributed by atoms with Crippen LogP contribution in [-0.2, 0) is 13.6 Å². The molecule has 0 bridgehead atoms. The first-order valence-corrected chi connectivity index (χ1v) is 5.74. The molecule has 0 aliphatic rings. The normalized spacial score (nSPS) is 12.9. The van der Waals surface area contributed by atoms with Gasteiger partial charge in [0, 0.05) is 13.6 Å². The van der Waals surface area contributed by atoms with Crippen molar-refractivity contribution in [3.63, 3.8) is 0 Å². The first kappa shape index (κ1) is 11.7. The number of aryl methyl sites for hydroxylation is 2. The third-order valence-corrected chi connectivity index (χ3v) is 2.57. The van der Waals surface area contributed by atoms with E-state index in [-0.39, 0.29) is 6.04 Å². The molecule has 2 aromatic rings. The van der Waals surface area contributed by atoms with Crippen molar-refractivity contribution in [2.45, 2.75) is 26.4 Å². The van der Waals surface area contributed by atoms with E-state index in [1.807, 2.05) is 24.9 Å². The molecule has 7 nitrogen and oxygen atoms in total. The predicted molar refractivity (Wildman–Crippen MR) is 62.2 cm³/mol. The summed E-state index contributed by atoms with van der Waals surface area (Å²) >= 11 is 0. The summed E-state index contributed by atoms with van der Waals surface area (Å²) in [6.45, 7) is 5.73. The Labute approximate surface area is 99.8 Å². The van der Waals surface area contributed by atoms with Gasteiger partial charge in [-0.1, -0.05) is 17.4 Å². The minimum Gasteiger partial charge on any atom is -0.304 e. The molecule has 0 amide bonds. The highest BCUT2D eigenvalue weighted by atomic mass is 15.4. The molecule has 0 fully saturated rings. The van der Waals surface area contributed by atoms with Gasteiger partial charge in [-0.3, -0.25) is 4.68 Å². The van der Waals surface area contributed by atoms with Gasteiger partial charge in [-0.05, 0) is 13.5 Å². The van der Waals surface area contributed by atoms with Gasteiger partial charge in [-0.2, -0.15) is 0 Å². The molecule has 0 saturated carbocycles. The van der Waals surface area contributed by atoms with E-state index in [2.05, 4.69) is 32.9 Å². The third kappa shape index (κ3) is 2.33. The number of nitrogens with one attached hydrogen (secondary N) is 1. The van der Waals surface area contributed by atoms with E-state index in [0.29, 0.717) is 0 Å². The van der Waals surface area contributed by atoms with Gasteiger partial charge in [0.15, 0.2) is 0 Å². The summed E-state index contributed by atoms with van der Waals surface area (Å²) in [4.78, 5) is 0. The van der Waals surface area contributed by atoms with Gasteiger partial charge in [-0.25, -0.2) is 4.68 Å². The molecule has 0 saturated heterocycles. The fraction of sp³-hybridized carbons (Fsp3) is 0.600. The Hall–Kier alpha value is -1.76. The molecule has 17 heavy (non-hydrogen) atoms. The Morgan fingerprint density at radius 3 is 2.76 bits per heavy atom. The summed E-state index contributed by atoms with van der Waals surface area (Å²) in [6.07, 6.45) is 3.67. The van der Waals surface area contributed by atoms with E-state index in [1.165, 1.54) is 0 Å². The van der Waals surface area contributed by atoms with Crippen LogP contribution in [0.25, 0.3) is 0 Å². The average molecular weight is 235 g/mol. The number of hydrogen-bond acceptors (Lipinski definition) is 5. The van der Waals surface area contributed by atoms with Crippen molar-refractivity contribution in [1.82, 2.24) is 35.3 Å². The largest absolute Gasteiger partial charge is 0.304 e. The van der Waals surface area contributed by atoms with Crippen LogP contribution in [0.2, 0.25) is 0 Å². The molecule has 7 heteroatoms. The molecular formula is C10H17N7. The second kappa shape index (κ2) is 5.05. The van der Waals surface area contributed by atoms with Crippen molar-refractivity contribution >= 4 is 0 Å². The SMILES string of the molecule is CCNC(c1cn(C)nn1)c1cnnn1CC. The quantitative estimate of drug-likeness (QED) is 0.797. The average Bonchev–Trinajstić information content (AvgIpc) is 2.94. The smallest absolute Gasteiger partial charge is 0.106 e. The Morgan fingerprint density at radius 2 is 2.18 bits per heavy atom. The molecule has 2 rings (SSSR count). The zero-order chi connectivity index (χ0) is 12.3. The second-order valence-electron chi connectivity index (χ2n) is 3.78. The van der Waals surface area contributed by atoms with Crippen LogP contribution in [0.4, 0.5) is 0 Å². The van der Waals surface area contributed by atoms with Crippen LogP contribution in [0.15, 0.2) is 12.4 Å². The Balaban J connectivity index is 2.35. The number of aromatic nitrogens is 6. The molecule has 0 aliphatic heterocycles. The maximum Gasteiger partial charge on any atom is 0.106 e. The molecule has 1 atom stereocenters. The van der Waals surface area contributed by atoms with Gasteiger partial charge in [0.2, 0.25) is 0 Å². The molecule has 0 aliphatic carbocycles. The van der Waals surface area contributed by atoms with E-state index < -0.39 is 0 Å². The van der Waals surface area contributed by atoms with E-state index in [1.54, 1.807) is 10.9 Å². The fourth-order valence-corrected chi connectivity index (χ4v) is 1.80. The van der Waals surface area contributed by atoms with E-state index in [0.717, 1.165) is 24.5 Å². The monoisotopic (exact) mass is 235 g/mol. The van der Waals surface area contributed by atoms with Gasteiger partial charge in [0.1, 0.15) is 5.69 Å². The van der Waals surface area contributed by atoms with Crippen molar-refractivity contribution in [3.8, 4) is 0 Å². The Kier molecular flexibility index (Phi) is 3.48. The highest BCUT2D eigenvalue weighted by Crippen LogP contribution is 2.18. The van der Waals surface area contributed by atoms with Crippen molar-refractivity contribution in [2.75, 3.05) is 6.54 Å². The van der Waals surface area contributed by atoms with Crippen LogP contribution in [0.1, 0.15) is 31.3 Å². The lowest BCUT2D eigenvalue weighted by Crippen LogP contribution is -2.25. The number of hydrogen-bond donors (Lipinski definition) is 1. The number of nitrogens with zero attached hydrogens (tertiary/aromatic N) is 6. The molecule has 1 N–H and O–H groups in total. The fourth-order valence-electron chi connectivity index (χ4n) is 1.80. The molecule has 92 valence electrons. The van der Waals surface area contributed by atoms with Crippen molar-refractivity contribution in [2.24, 2.45) is 7.05 Å². The molecule has 1 unspecified atom stereocenters. The van der Waals surface area contributed by atoms with Gasteiger partial charge in [0.05, 0.1) is 24.1 Å². The van der Waals surface area contributed by atoms with Crippen LogP contribution < -0.4 is 5.32 Å². The van der Waals surface area contributed by atoms with Crippen molar-refractivity contribution < 1.29 is 0 Å². The summed E-state index contributed by atoms with van der Waals surface area (Å²) in [5.74, 6) is 0. The molecular weight excluding hydrogens is 218 g/mol. The van der Waals surface area contributed by atoms with E-state index in [9.17, 15) is 0 Å². The van der Waals surface area contributed by atoms with E-state index >= 15 is 0 Å². The predicted octanol–water partition coefficient (Wildman–Crippen LogP) is 0.125. The van der Waals surface area contributed by atoms with E-state index in [4.69, 9.17) is 0 Å². The summed E-state index contributed by atoms with van der Waals surface area (Å²) < 4.78 is 3.56. The lowest BCUT2D eigenvalue weighted by atomic mass is 10.1. The molecule has 2 heterocycles. The summed E-state index contributed by atoms with van der Waals surface area (Å²) in [6, 6.07) is -0.0105. The summed E-state index contributed by atoms with van der Waals surface area (Å²) in [7, 11) is 1.86. The lowest BCUT2D eigenvalue weighted by molar-refractivity contribution is 0.527. The standard InChI is InChI=1S/C10H17N7/c1-4-11-10(8-7-16(3)15-13-8)9-6-12-14-17(9)5-2/h6-7,10-11H,4-5H2,1-3H3. The summed E-state index contributed by atoms with van der Waals surface area (Å²) in [5, 5.41) is 19.5. The highest BCUT2D eigenvalue weighted by molar-refractivity contribution is 5.16. The maximum absolute atomic E-state index is 4.15. The van der Waals surface area contributed by atoms with Crippen LogP contribution in [-0.4, -0.2) is 36.5 Å². The molecule has 2 aromatic heterocycles. The number of rotatable bonds is 5. The van der Waals surface area contributed by atoms with Gasteiger partial charge < -0.3 is 5.32 Å². The van der Waals surface area contributed by atoms with Crippen LogP contribution >= 0.6 is 0 Å². The second-order valence-corrected chi connectivity index (χ2v) is 3.78. The van der Waals surface area contributed by atoms with Gasteiger partial charge >= 0.3 is 0 Å². The Bertz CT molecular complexity index is 472. The molecule has 0 radical (unpaired) electrons. The van der Waals surface area contributed by atoms with Gasteiger partial charge in [-0.15, -0.1) is 10.2 Å². The summed E-state index contributed by atoms with van der Waals surface area (Å²) in [5.41, 5.74) is 1.89.